The molecular weight excluding hydrogens is 324 g/mol. The third-order valence-electron chi connectivity index (χ3n) is 4.06. The minimum absolute atomic E-state index is 0.0214. The maximum atomic E-state index is 12.8. The molecule has 1 aliphatic carbocycles. The van der Waals surface area contributed by atoms with E-state index in [1.807, 2.05) is 12.2 Å². The first-order valence-electron chi connectivity index (χ1n) is 6.86. The van der Waals surface area contributed by atoms with E-state index in [1.165, 1.54) is 4.90 Å². The maximum absolute atomic E-state index is 12.8. The lowest BCUT2D eigenvalue weighted by atomic mass is 10.0. The Kier molecular flexibility index (Phi) is 3.46. The number of amides is 1. The van der Waals surface area contributed by atoms with E-state index in [4.69, 9.17) is 0 Å². The largest absolute Gasteiger partial charge is 0.416 e. The first-order valence-corrected chi connectivity index (χ1v) is 6.86. The predicted molar refractivity (Wildman–Crippen MR) is 68.6 cm³/mol. The van der Waals surface area contributed by atoms with E-state index in [-0.39, 0.29) is 18.2 Å². The molecule has 0 spiro atoms. The predicted octanol–water partition coefficient (Wildman–Crippen LogP) is 4.27. The number of benzene rings is 1. The average molecular weight is 335 g/mol. The zero-order chi connectivity index (χ0) is 17.0. The van der Waals surface area contributed by atoms with Gasteiger partial charge in [-0.05, 0) is 31.0 Å². The molecule has 2 atom stereocenters. The van der Waals surface area contributed by atoms with E-state index in [0.717, 1.165) is 0 Å². The fourth-order valence-corrected chi connectivity index (χ4v) is 2.88. The van der Waals surface area contributed by atoms with Gasteiger partial charge in [0.1, 0.15) is 0 Å². The monoisotopic (exact) mass is 335 g/mol. The minimum Gasteiger partial charge on any atom is -0.328 e. The molecule has 23 heavy (non-hydrogen) atoms. The summed E-state index contributed by atoms with van der Waals surface area (Å²) in [5.74, 6) is -0.791. The number of carbonyl (C=O) groups is 1. The van der Waals surface area contributed by atoms with Crippen molar-refractivity contribution in [3.63, 3.8) is 0 Å². The second-order valence-electron chi connectivity index (χ2n) is 5.58. The van der Waals surface area contributed by atoms with Crippen molar-refractivity contribution in [1.82, 2.24) is 4.90 Å². The summed E-state index contributed by atoms with van der Waals surface area (Å²) >= 11 is 0. The van der Waals surface area contributed by atoms with Gasteiger partial charge < -0.3 is 4.90 Å². The summed E-state index contributed by atoms with van der Waals surface area (Å²) in [6.45, 7) is 0. The van der Waals surface area contributed by atoms with Crippen LogP contribution in [0.2, 0.25) is 0 Å². The summed E-state index contributed by atoms with van der Waals surface area (Å²) < 4.78 is 76.9. The molecule has 0 saturated carbocycles. The van der Waals surface area contributed by atoms with Gasteiger partial charge in [-0.1, -0.05) is 12.2 Å². The maximum Gasteiger partial charge on any atom is 0.416 e. The van der Waals surface area contributed by atoms with Crippen LogP contribution in [0.3, 0.4) is 0 Å². The van der Waals surface area contributed by atoms with Crippen molar-refractivity contribution < 1.29 is 31.1 Å². The molecule has 0 N–H and O–H groups in total. The lowest BCUT2D eigenvalue weighted by Crippen LogP contribution is -2.18. The molecule has 1 fully saturated rings. The molecule has 2 nitrogen and oxygen atoms in total. The fourth-order valence-electron chi connectivity index (χ4n) is 2.88. The van der Waals surface area contributed by atoms with Crippen molar-refractivity contribution in [1.29, 1.82) is 0 Å². The van der Waals surface area contributed by atoms with Gasteiger partial charge in [0.2, 0.25) is 0 Å². The quantitative estimate of drug-likeness (QED) is 0.426. The van der Waals surface area contributed by atoms with Gasteiger partial charge in [-0.25, -0.2) is 0 Å². The normalized spacial score (nSPS) is 23.7. The van der Waals surface area contributed by atoms with Crippen LogP contribution >= 0.6 is 0 Å². The van der Waals surface area contributed by atoms with E-state index in [0.29, 0.717) is 25.0 Å². The summed E-state index contributed by atoms with van der Waals surface area (Å²) in [6.07, 6.45) is -5.07. The fraction of sp³-hybridized carbons (Fsp3) is 0.400. The zero-order valence-electron chi connectivity index (χ0n) is 11.6. The van der Waals surface area contributed by atoms with Crippen LogP contribution in [-0.2, 0) is 12.4 Å². The number of rotatable bonds is 1. The lowest BCUT2D eigenvalue weighted by Gasteiger charge is -2.14. The highest BCUT2D eigenvalue weighted by Crippen LogP contribution is 2.41. The van der Waals surface area contributed by atoms with Gasteiger partial charge in [-0.3, -0.25) is 4.79 Å². The molecule has 3 rings (SSSR count). The van der Waals surface area contributed by atoms with Crippen molar-refractivity contribution >= 4 is 5.91 Å². The molecule has 1 heterocycles. The molecule has 0 radical (unpaired) electrons. The first-order chi connectivity index (χ1) is 10.6. The van der Waals surface area contributed by atoms with Gasteiger partial charge in [0.15, 0.2) is 0 Å². The summed E-state index contributed by atoms with van der Waals surface area (Å²) in [4.78, 5) is 13.6. The van der Waals surface area contributed by atoms with Gasteiger partial charge >= 0.3 is 12.4 Å². The second kappa shape index (κ2) is 5.01. The third-order valence-corrected chi connectivity index (χ3v) is 4.06. The Labute approximate surface area is 127 Å². The smallest absolute Gasteiger partial charge is 0.328 e. The Bertz CT molecular complexity index is 629. The Balaban J connectivity index is 1.97. The second-order valence-corrected chi connectivity index (χ2v) is 5.58. The van der Waals surface area contributed by atoms with Crippen LogP contribution in [0, 0.1) is 0 Å². The summed E-state index contributed by atoms with van der Waals surface area (Å²) in [5, 5.41) is 0. The van der Waals surface area contributed by atoms with Gasteiger partial charge in [0, 0.05) is 5.56 Å². The highest BCUT2D eigenvalue weighted by Gasteiger charge is 2.50. The Morgan fingerprint density at radius 2 is 1.30 bits per heavy atom. The van der Waals surface area contributed by atoms with Gasteiger partial charge in [-0.2, -0.15) is 26.3 Å². The van der Waals surface area contributed by atoms with Crippen molar-refractivity contribution in [2.24, 2.45) is 0 Å². The van der Waals surface area contributed by atoms with Crippen LogP contribution in [0.1, 0.15) is 34.3 Å². The minimum atomic E-state index is -4.95. The molecule has 1 saturated heterocycles. The molecule has 1 amide bonds. The topological polar surface area (TPSA) is 20.1 Å². The van der Waals surface area contributed by atoms with Crippen LogP contribution < -0.4 is 0 Å². The summed E-state index contributed by atoms with van der Waals surface area (Å²) in [7, 11) is 0. The van der Waals surface area contributed by atoms with E-state index in [1.54, 1.807) is 0 Å². The zero-order valence-corrected chi connectivity index (χ0v) is 11.6. The number of hydrogen-bond donors (Lipinski definition) is 0. The Morgan fingerprint density at radius 1 is 0.870 bits per heavy atom. The molecular formula is C15H11F6NO. The number of nitrogens with zero attached hydrogens (tertiary/aromatic N) is 1. The molecule has 124 valence electrons. The van der Waals surface area contributed by atoms with Crippen LogP contribution in [0.25, 0.3) is 0 Å². The molecule has 0 unspecified atom stereocenters. The van der Waals surface area contributed by atoms with E-state index < -0.39 is 35.0 Å². The number of alkyl halides is 6. The van der Waals surface area contributed by atoms with Crippen molar-refractivity contribution in [3.8, 4) is 0 Å². The van der Waals surface area contributed by atoms with Crippen molar-refractivity contribution in [3.05, 3.63) is 47.0 Å². The molecule has 1 aliphatic heterocycles. The highest BCUT2D eigenvalue weighted by molar-refractivity contribution is 5.97. The van der Waals surface area contributed by atoms with Gasteiger partial charge in [0.25, 0.3) is 5.91 Å². The van der Waals surface area contributed by atoms with E-state index in [2.05, 4.69) is 0 Å². The van der Waals surface area contributed by atoms with Gasteiger partial charge in [-0.15, -0.1) is 0 Å². The molecule has 2 aliphatic rings. The average Bonchev–Trinajstić information content (AvgIpc) is 3.18. The molecule has 1 aromatic carbocycles. The Morgan fingerprint density at radius 3 is 1.70 bits per heavy atom. The number of carbonyl (C=O) groups excluding carboxylic acids is 1. The summed E-state index contributed by atoms with van der Waals surface area (Å²) in [6, 6.07) is 0.728. The van der Waals surface area contributed by atoms with Crippen LogP contribution in [0.15, 0.2) is 30.4 Å². The summed E-state index contributed by atoms with van der Waals surface area (Å²) in [5.41, 5.74) is -3.53. The highest BCUT2D eigenvalue weighted by atomic mass is 19.4. The van der Waals surface area contributed by atoms with Crippen molar-refractivity contribution in [2.75, 3.05) is 0 Å². The number of hydrogen-bond acceptors (Lipinski definition) is 1. The lowest BCUT2D eigenvalue weighted by molar-refractivity contribution is -0.143. The third kappa shape index (κ3) is 2.94. The molecule has 0 aromatic heterocycles. The SMILES string of the molecule is O=C(c1cc(C(F)(F)F)cc(C(F)(F)F)c1)N1[C@@H]2CC=CC[C@@H]21. The van der Waals surface area contributed by atoms with Crippen LogP contribution in [0.5, 0.6) is 0 Å². The molecule has 0 bridgehead atoms. The van der Waals surface area contributed by atoms with Crippen LogP contribution in [0.4, 0.5) is 26.3 Å². The van der Waals surface area contributed by atoms with E-state index >= 15 is 0 Å². The number of fused-ring (bicyclic) bond motifs is 1. The van der Waals surface area contributed by atoms with Crippen LogP contribution in [-0.4, -0.2) is 22.9 Å². The van der Waals surface area contributed by atoms with Gasteiger partial charge in [0.05, 0.1) is 23.2 Å². The standard InChI is InChI=1S/C15H11F6NO/c16-14(17,18)9-5-8(6-10(7-9)15(19,20)21)13(23)22-11-3-1-2-4-12(11)22/h1-2,5-7,11-12H,3-4H2/t11-,12+,22?. The van der Waals surface area contributed by atoms with E-state index in [9.17, 15) is 31.1 Å². The number of halogens is 6. The Hall–Kier alpha value is -1.99. The molecule has 8 heteroatoms. The van der Waals surface area contributed by atoms with Crippen molar-refractivity contribution in [2.45, 2.75) is 37.3 Å². The molecule has 1 aromatic rings. The first kappa shape index (κ1) is 15.9.